The summed E-state index contributed by atoms with van der Waals surface area (Å²) in [6.07, 6.45) is -1.18. The number of hydrogen-bond acceptors (Lipinski definition) is 3. The van der Waals surface area contributed by atoms with Gasteiger partial charge < -0.3 is 0 Å². The van der Waals surface area contributed by atoms with Gasteiger partial charge in [-0.3, -0.25) is 4.98 Å². The number of halogens is 4. The fourth-order valence-corrected chi connectivity index (χ4v) is 2.49. The number of hydrogen-bond donors (Lipinski definition) is 0. The zero-order valence-corrected chi connectivity index (χ0v) is 12.6. The number of aromatic nitrogens is 3. The summed E-state index contributed by atoms with van der Waals surface area (Å²) in [5, 5.41) is -0.0492. The largest absolute Gasteiger partial charge is 0.418 e. The fraction of sp³-hybridized carbons (Fsp3) is 0.0714. The lowest BCUT2D eigenvalue weighted by molar-refractivity contribution is -0.136. The van der Waals surface area contributed by atoms with Gasteiger partial charge in [-0.1, -0.05) is 12.1 Å². The van der Waals surface area contributed by atoms with E-state index in [1.54, 1.807) is 0 Å². The smallest absolute Gasteiger partial charge is 0.262 e. The maximum absolute atomic E-state index is 12.9. The van der Waals surface area contributed by atoms with Crippen LogP contribution in [-0.4, -0.2) is 15.0 Å². The summed E-state index contributed by atoms with van der Waals surface area (Å²) < 4.78 is 39.7. The Morgan fingerprint density at radius 2 is 1.86 bits per heavy atom. The number of benzene rings is 1. The number of alkyl halides is 3. The molecule has 2 aromatic heterocycles. The van der Waals surface area contributed by atoms with Gasteiger partial charge in [0.2, 0.25) is 0 Å². The molecule has 3 nitrogen and oxygen atoms in total. The molecule has 0 spiro atoms. The zero-order chi connectivity index (χ0) is 15.0. The van der Waals surface area contributed by atoms with Gasteiger partial charge in [0.15, 0.2) is 5.82 Å². The summed E-state index contributed by atoms with van der Waals surface area (Å²) in [4.78, 5) is 11.9. The molecule has 0 fully saturated rings. The maximum atomic E-state index is 12.9. The minimum Gasteiger partial charge on any atom is -0.262 e. The molecule has 106 valence electrons. The standard InChI is InChI=1S/C14H7F3IN3/c15-14(16,17)11-6-19-7-12-10(11)5-20-13(21-12)8-2-1-3-9(18)4-8/h1-7H. The van der Waals surface area contributed by atoms with E-state index in [1.807, 2.05) is 24.3 Å². The predicted molar refractivity (Wildman–Crippen MR) is 80.5 cm³/mol. The van der Waals surface area contributed by atoms with Crippen molar-refractivity contribution in [1.82, 2.24) is 15.0 Å². The minimum absolute atomic E-state index is 0.0492. The van der Waals surface area contributed by atoms with Gasteiger partial charge in [-0.05, 0) is 34.7 Å². The highest BCUT2D eigenvalue weighted by Crippen LogP contribution is 2.33. The Bertz CT molecular complexity index is 818. The Labute approximate surface area is 131 Å². The highest BCUT2D eigenvalue weighted by Gasteiger charge is 2.33. The summed E-state index contributed by atoms with van der Waals surface area (Å²) in [6, 6.07) is 7.43. The molecule has 0 radical (unpaired) electrons. The monoisotopic (exact) mass is 401 g/mol. The third-order valence-corrected chi connectivity index (χ3v) is 3.57. The summed E-state index contributed by atoms with van der Waals surface area (Å²) in [5.74, 6) is 0.377. The van der Waals surface area contributed by atoms with E-state index < -0.39 is 11.7 Å². The molecule has 0 saturated carbocycles. The SMILES string of the molecule is FC(F)(F)c1cncc2nc(-c3cccc(I)c3)ncc12. The first-order valence-corrected chi connectivity index (χ1v) is 6.97. The van der Waals surface area contributed by atoms with E-state index in [9.17, 15) is 13.2 Å². The third-order valence-electron chi connectivity index (χ3n) is 2.90. The highest BCUT2D eigenvalue weighted by atomic mass is 127. The first-order chi connectivity index (χ1) is 9.95. The molecule has 21 heavy (non-hydrogen) atoms. The van der Waals surface area contributed by atoms with E-state index in [0.29, 0.717) is 5.82 Å². The fourth-order valence-electron chi connectivity index (χ4n) is 1.95. The summed E-state index contributed by atoms with van der Waals surface area (Å²) in [5.41, 5.74) is 0.101. The predicted octanol–water partition coefficient (Wildman–Crippen LogP) is 4.32. The Hall–Kier alpha value is -1.77. The Morgan fingerprint density at radius 1 is 1.05 bits per heavy atom. The van der Waals surface area contributed by atoms with Gasteiger partial charge in [0, 0.05) is 26.9 Å². The van der Waals surface area contributed by atoms with Crippen LogP contribution in [0.5, 0.6) is 0 Å². The van der Waals surface area contributed by atoms with Crippen molar-refractivity contribution in [2.45, 2.75) is 6.18 Å². The number of pyridine rings is 1. The summed E-state index contributed by atoms with van der Waals surface area (Å²) in [7, 11) is 0. The van der Waals surface area contributed by atoms with E-state index in [0.717, 1.165) is 15.3 Å². The van der Waals surface area contributed by atoms with Gasteiger partial charge in [0.1, 0.15) is 0 Å². The number of rotatable bonds is 1. The van der Waals surface area contributed by atoms with Crippen molar-refractivity contribution in [1.29, 1.82) is 0 Å². The van der Waals surface area contributed by atoms with Crippen LogP contribution < -0.4 is 0 Å². The molecule has 0 unspecified atom stereocenters. The van der Waals surface area contributed by atoms with Gasteiger partial charge >= 0.3 is 6.18 Å². The van der Waals surface area contributed by atoms with Crippen LogP contribution in [0.3, 0.4) is 0 Å². The van der Waals surface area contributed by atoms with Crippen LogP contribution in [0.15, 0.2) is 42.9 Å². The van der Waals surface area contributed by atoms with E-state index in [-0.39, 0.29) is 10.9 Å². The van der Waals surface area contributed by atoms with Crippen LogP contribution in [0, 0.1) is 3.57 Å². The minimum atomic E-state index is -4.47. The van der Waals surface area contributed by atoms with Gasteiger partial charge in [-0.25, -0.2) is 9.97 Å². The van der Waals surface area contributed by atoms with E-state index >= 15 is 0 Å². The topological polar surface area (TPSA) is 38.7 Å². The van der Waals surface area contributed by atoms with Crippen LogP contribution in [0.2, 0.25) is 0 Å². The van der Waals surface area contributed by atoms with Crippen LogP contribution in [0.4, 0.5) is 13.2 Å². The van der Waals surface area contributed by atoms with E-state index in [1.165, 1.54) is 12.4 Å². The van der Waals surface area contributed by atoms with E-state index in [4.69, 9.17) is 0 Å². The molecule has 1 aromatic carbocycles. The van der Waals surface area contributed by atoms with Gasteiger partial charge in [-0.2, -0.15) is 13.2 Å². The maximum Gasteiger partial charge on any atom is 0.418 e. The lowest BCUT2D eigenvalue weighted by Gasteiger charge is -2.09. The van der Waals surface area contributed by atoms with Crippen molar-refractivity contribution in [3.8, 4) is 11.4 Å². The molecule has 0 aliphatic heterocycles. The van der Waals surface area contributed by atoms with Crippen LogP contribution in [-0.2, 0) is 6.18 Å². The normalized spacial score (nSPS) is 11.8. The van der Waals surface area contributed by atoms with Crippen LogP contribution >= 0.6 is 22.6 Å². The Balaban J connectivity index is 2.18. The zero-order valence-electron chi connectivity index (χ0n) is 10.4. The molecule has 3 aromatic rings. The van der Waals surface area contributed by atoms with Crippen LogP contribution in [0.25, 0.3) is 22.3 Å². The molecule has 0 aliphatic rings. The van der Waals surface area contributed by atoms with E-state index in [2.05, 4.69) is 37.5 Å². The number of fused-ring (bicyclic) bond motifs is 1. The van der Waals surface area contributed by atoms with Crippen molar-refractivity contribution in [3.05, 3.63) is 52.0 Å². The third kappa shape index (κ3) is 2.82. The second kappa shape index (κ2) is 5.21. The van der Waals surface area contributed by atoms with Crippen molar-refractivity contribution < 1.29 is 13.2 Å². The molecule has 0 aliphatic carbocycles. The van der Waals surface area contributed by atoms with Crippen molar-refractivity contribution >= 4 is 33.5 Å². The lowest BCUT2D eigenvalue weighted by Crippen LogP contribution is -2.07. The Morgan fingerprint density at radius 3 is 2.57 bits per heavy atom. The molecule has 0 saturated heterocycles. The molecule has 3 rings (SSSR count). The molecule has 0 bridgehead atoms. The molecule has 0 N–H and O–H groups in total. The second-order valence-corrected chi connectivity index (χ2v) is 5.57. The van der Waals surface area contributed by atoms with Gasteiger partial charge in [0.05, 0.1) is 17.3 Å². The molecule has 7 heteroatoms. The first-order valence-electron chi connectivity index (χ1n) is 5.89. The van der Waals surface area contributed by atoms with Crippen molar-refractivity contribution in [2.24, 2.45) is 0 Å². The highest BCUT2D eigenvalue weighted by molar-refractivity contribution is 14.1. The van der Waals surface area contributed by atoms with Crippen molar-refractivity contribution in [2.75, 3.05) is 0 Å². The summed E-state index contributed by atoms with van der Waals surface area (Å²) >= 11 is 2.15. The molecule has 0 amide bonds. The average Bonchev–Trinajstić information content (AvgIpc) is 2.45. The van der Waals surface area contributed by atoms with Crippen LogP contribution in [0.1, 0.15) is 5.56 Å². The van der Waals surface area contributed by atoms with Gasteiger partial charge in [-0.15, -0.1) is 0 Å². The molecule has 0 atom stereocenters. The average molecular weight is 401 g/mol. The van der Waals surface area contributed by atoms with Gasteiger partial charge in [0.25, 0.3) is 0 Å². The Kier molecular flexibility index (Phi) is 3.52. The molecular formula is C14H7F3IN3. The van der Waals surface area contributed by atoms with Crippen molar-refractivity contribution in [3.63, 3.8) is 0 Å². The summed E-state index contributed by atoms with van der Waals surface area (Å²) in [6.45, 7) is 0. The first kappa shape index (κ1) is 14.2. The molecule has 2 heterocycles. The quantitative estimate of drug-likeness (QED) is 0.571. The lowest BCUT2D eigenvalue weighted by atomic mass is 10.1. The molecular weight excluding hydrogens is 394 g/mol. The second-order valence-electron chi connectivity index (χ2n) is 4.32. The number of nitrogens with zero attached hydrogens (tertiary/aromatic N) is 3.